The Labute approximate surface area is 98.4 Å². The lowest BCUT2D eigenvalue weighted by Gasteiger charge is -2.33. The highest BCUT2D eigenvalue weighted by atomic mass is 19.1. The van der Waals surface area contributed by atoms with Crippen molar-refractivity contribution in [2.45, 2.75) is 19.9 Å². The van der Waals surface area contributed by atoms with E-state index in [-0.39, 0.29) is 24.2 Å². The van der Waals surface area contributed by atoms with E-state index >= 15 is 0 Å². The number of nitrogens with zero attached hydrogens (tertiary/aromatic N) is 1. The number of piperazine rings is 1. The van der Waals surface area contributed by atoms with Crippen molar-refractivity contribution in [3.8, 4) is 0 Å². The van der Waals surface area contributed by atoms with Crippen molar-refractivity contribution in [2.24, 2.45) is 0 Å². The quantitative estimate of drug-likeness (QED) is 0.790. The van der Waals surface area contributed by atoms with Crippen LogP contribution in [0.15, 0.2) is 18.2 Å². The maximum Gasteiger partial charge on any atom is 0.247 e. The Balaban J connectivity index is 2.43. The summed E-state index contributed by atoms with van der Waals surface area (Å²) in [4.78, 5) is 24.7. The van der Waals surface area contributed by atoms with E-state index < -0.39 is 6.04 Å². The molecule has 0 saturated carbocycles. The van der Waals surface area contributed by atoms with Gasteiger partial charge in [0.2, 0.25) is 11.8 Å². The van der Waals surface area contributed by atoms with E-state index in [9.17, 15) is 14.0 Å². The molecule has 1 aliphatic heterocycles. The topological polar surface area (TPSA) is 49.4 Å². The van der Waals surface area contributed by atoms with Gasteiger partial charge in [0.25, 0.3) is 0 Å². The minimum absolute atomic E-state index is 0.0139. The third kappa shape index (κ3) is 2.00. The molecule has 2 amide bonds. The van der Waals surface area contributed by atoms with Gasteiger partial charge in [-0.15, -0.1) is 0 Å². The normalized spacial score (nSPS) is 20.4. The van der Waals surface area contributed by atoms with Gasteiger partial charge in [0.1, 0.15) is 11.9 Å². The Kier molecular flexibility index (Phi) is 2.83. The number of nitrogens with one attached hydrogen (secondary N) is 1. The van der Waals surface area contributed by atoms with E-state index in [1.165, 1.54) is 23.1 Å². The summed E-state index contributed by atoms with van der Waals surface area (Å²) in [6, 6.07) is 3.59. The zero-order valence-electron chi connectivity index (χ0n) is 9.66. The van der Waals surface area contributed by atoms with Crippen LogP contribution < -0.4 is 10.2 Å². The molecule has 0 bridgehead atoms. The highest BCUT2D eigenvalue weighted by Crippen LogP contribution is 2.24. The van der Waals surface area contributed by atoms with Gasteiger partial charge < -0.3 is 5.32 Å². The second-order valence-corrected chi connectivity index (χ2v) is 4.09. The molecule has 17 heavy (non-hydrogen) atoms. The molecule has 1 N–H and O–H groups in total. The highest BCUT2D eigenvalue weighted by Gasteiger charge is 2.32. The van der Waals surface area contributed by atoms with E-state index in [4.69, 9.17) is 0 Å². The average Bonchev–Trinajstić information content (AvgIpc) is 2.27. The summed E-state index contributed by atoms with van der Waals surface area (Å²) < 4.78 is 13.0. The van der Waals surface area contributed by atoms with Crippen molar-refractivity contribution >= 4 is 17.5 Å². The Morgan fingerprint density at radius 1 is 1.41 bits per heavy atom. The fourth-order valence-corrected chi connectivity index (χ4v) is 1.96. The molecule has 1 aromatic carbocycles. The van der Waals surface area contributed by atoms with Crippen LogP contribution in [0, 0.1) is 12.7 Å². The van der Waals surface area contributed by atoms with Crippen LogP contribution >= 0.6 is 0 Å². The van der Waals surface area contributed by atoms with Gasteiger partial charge in [0.15, 0.2) is 0 Å². The largest absolute Gasteiger partial charge is 0.345 e. The summed E-state index contributed by atoms with van der Waals surface area (Å²) >= 11 is 0. The molecule has 1 aromatic rings. The minimum atomic E-state index is -0.569. The lowest BCUT2D eigenvalue weighted by Crippen LogP contribution is -2.57. The molecule has 4 nitrogen and oxygen atoms in total. The summed E-state index contributed by atoms with van der Waals surface area (Å²) in [6.07, 6.45) is 0. The lowest BCUT2D eigenvalue weighted by molar-refractivity contribution is -0.130. The first-order valence-corrected chi connectivity index (χ1v) is 5.36. The number of rotatable bonds is 1. The lowest BCUT2D eigenvalue weighted by atomic mass is 10.1. The second-order valence-electron chi connectivity index (χ2n) is 4.09. The van der Waals surface area contributed by atoms with Gasteiger partial charge in [-0.05, 0) is 37.6 Å². The molecule has 0 spiro atoms. The Hall–Kier alpha value is -1.91. The molecule has 1 aliphatic rings. The summed E-state index contributed by atoms with van der Waals surface area (Å²) in [5.74, 6) is -0.743. The van der Waals surface area contributed by atoms with Crippen molar-refractivity contribution in [3.63, 3.8) is 0 Å². The first-order chi connectivity index (χ1) is 8.00. The molecular weight excluding hydrogens is 223 g/mol. The fraction of sp³-hybridized carbons (Fsp3) is 0.333. The Morgan fingerprint density at radius 2 is 2.12 bits per heavy atom. The molecule has 0 aromatic heterocycles. The number of carbonyl (C=O) groups excluding carboxylic acids is 2. The van der Waals surface area contributed by atoms with Gasteiger partial charge in [-0.2, -0.15) is 0 Å². The Bertz CT molecular complexity index is 487. The van der Waals surface area contributed by atoms with Gasteiger partial charge in [-0.1, -0.05) is 0 Å². The zero-order chi connectivity index (χ0) is 12.6. The van der Waals surface area contributed by atoms with E-state index in [0.29, 0.717) is 11.3 Å². The molecule has 90 valence electrons. The third-order valence-electron chi connectivity index (χ3n) is 2.87. The molecular formula is C12H13FN2O2. The molecule has 0 radical (unpaired) electrons. The smallest absolute Gasteiger partial charge is 0.247 e. The number of amides is 2. The standard InChI is InChI=1S/C12H13FN2O2/c1-7-5-9(13)3-4-10(7)15-8(2)12(17)14-6-11(15)16/h3-5,8H,6H2,1-2H3,(H,14,17). The predicted octanol–water partition coefficient (Wildman–Crippen LogP) is 0.985. The van der Waals surface area contributed by atoms with Gasteiger partial charge in [0.05, 0.1) is 6.54 Å². The van der Waals surface area contributed by atoms with Crippen LogP contribution in [0.25, 0.3) is 0 Å². The molecule has 0 aliphatic carbocycles. The monoisotopic (exact) mass is 236 g/mol. The number of hydrogen-bond donors (Lipinski definition) is 1. The number of anilines is 1. The van der Waals surface area contributed by atoms with Crippen molar-refractivity contribution in [1.29, 1.82) is 0 Å². The number of hydrogen-bond acceptors (Lipinski definition) is 2. The van der Waals surface area contributed by atoms with E-state index in [0.717, 1.165) is 0 Å². The molecule has 1 fully saturated rings. The maximum absolute atomic E-state index is 13.0. The molecule has 1 heterocycles. The third-order valence-corrected chi connectivity index (χ3v) is 2.87. The number of benzene rings is 1. The summed E-state index contributed by atoms with van der Waals surface area (Å²) in [5, 5.41) is 2.51. The van der Waals surface area contributed by atoms with Crippen LogP contribution in [0.3, 0.4) is 0 Å². The first kappa shape index (κ1) is 11.6. The average molecular weight is 236 g/mol. The fourth-order valence-electron chi connectivity index (χ4n) is 1.96. The maximum atomic E-state index is 13.0. The van der Waals surface area contributed by atoms with Crippen LogP contribution in [0.1, 0.15) is 12.5 Å². The van der Waals surface area contributed by atoms with Crippen LogP contribution in [0.2, 0.25) is 0 Å². The SMILES string of the molecule is Cc1cc(F)ccc1N1C(=O)CNC(=O)C1C. The molecule has 1 saturated heterocycles. The number of carbonyl (C=O) groups is 2. The summed E-state index contributed by atoms with van der Waals surface area (Å²) in [5.41, 5.74) is 1.22. The molecule has 2 rings (SSSR count). The summed E-state index contributed by atoms with van der Waals surface area (Å²) in [7, 11) is 0. The van der Waals surface area contributed by atoms with E-state index in [1.54, 1.807) is 13.8 Å². The Morgan fingerprint density at radius 3 is 2.76 bits per heavy atom. The number of aryl methyl sites for hydroxylation is 1. The van der Waals surface area contributed by atoms with Crippen molar-refractivity contribution in [2.75, 3.05) is 11.4 Å². The second kappa shape index (κ2) is 4.16. The molecule has 5 heteroatoms. The molecule has 1 unspecified atom stereocenters. The van der Waals surface area contributed by atoms with E-state index in [2.05, 4.69) is 5.32 Å². The van der Waals surface area contributed by atoms with Gasteiger partial charge >= 0.3 is 0 Å². The number of halogens is 1. The molecule has 1 atom stereocenters. The minimum Gasteiger partial charge on any atom is -0.345 e. The van der Waals surface area contributed by atoms with Crippen molar-refractivity contribution < 1.29 is 14.0 Å². The van der Waals surface area contributed by atoms with Crippen LogP contribution in [0.4, 0.5) is 10.1 Å². The van der Waals surface area contributed by atoms with Gasteiger partial charge in [0, 0.05) is 5.69 Å². The van der Waals surface area contributed by atoms with Gasteiger partial charge in [-0.3, -0.25) is 14.5 Å². The van der Waals surface area contributed by atoms with Crippen molar-refractivity contribution in [3.05, 3.63) is 29.6 Å². The van der Waals surface area contributed by atoms with Crippen molar-refractivity contribution in [1.82, 2.24) is 5.32 Å². The van der Waals surface area contributed by atoms with Crippen LogP contribution in [-0.4, -0.2) is 24.4 Å². The predicted molar refractivity (Wildman–Crippen MR) is 61.1 cm³/mol. The first-order valence-electron chi connectivity index (χ1n) is 5.36. The summed E-state index contributed by atoms with van der Waals surface area (Å²) in [6.45, 7) is 3.35. The zero-order valence-corrected chi connectivity index (χ0v) is 9.66. The van der Waals surface area contributed by atoms with Gasteiger partial charge in [-0.25, -0.2) is 4.39 Å². The van der Waals surface area contributed by atoms with Crippen LogP contribution in [0.5, 0.6) is 0 Å². The van der Waals surface area contributed by atoms with E-state index in [1.807, 2.05) is 0 Å². The highest BCUT2D eigenvalue weighted by molar-refractivity contribution is 6.06. The van der Waals surface area contributed by atoms with Crippen LogP contribution in [-0.2, 0) is 9.59 Å².